The van der Waals surface area contributed by atoms with Crippen LogP contribution in [0, 0.1) is 0 Å². The Hall–Kier alpha value is -0.790. The highest BCUT2D eigenvalue weighted by atomic mass is 15.1. The predicted octanol–water partition coefficient (Wildman–Crippen LogP) is 0.864. The van der Waals surface area contributed by atoms with Crippen molar-refractivity contribution >= 4 is 6.34 Å². The van der Waals surface area contributed by atoms with Crippen LogP contribution in [0.3, 0.4) is 0 Å². The lowest BCUT2D eigenvalue weighted by atomic mass is 10.5. The van der Waals surface area contributed by atoms with Crippen LogP contribution in [0.15, 0.2) is 17.3 Å². The first-order valence-electron chi connectivity index (χ1n) is 2.86. The quantitative estimate of drug-likeness (QED) is 0.489. The van der Waals surface area contributed by atoms with Crippen molar-refractivity contribution in [3.63, 3.8) is 0 Å². The summed E-state index contributed by atoms with van der Waals surface area (Å²) in [6.07, 6.45) is 5.95. The van der Waals surface area contributed by atoms with Gasteiger partial charge in [0.15, 0.2) is 0 Å². The van der Waals surface area contributed by atoms with Crippen LogP contribution in [-0.2, 0) is 0 Å². The van der Waals surface area contributed by atoms with Gasteiger partial charge in [-0.25, -0.2) is 0 Å². The molecule has 0 atom stereocenters. The van der Waals surface area contributed by atoms with Gasteiger partial charge >= 0.3 is 0 Å². The van der Waals surface area contributed by atoms with Crippen LogP contribution in [0.2, 0.25) is 0 Å². The van der Waals surface area contributed by atoms with Crippen LogP contribution in [-0.4, -0.2) is 24.3 Å². The van der Waals surface area contributed by atoms with Gasteiger partial charge in [0.2, 0.25) is 0 Å². The molecular formula is C6H10N2. The molecule has 8 heavy (non-hydrogen) atoms. The second-order valence-electron chi connectivity index (χ2n) is 1.70. The third-order valence-electron chi connectivity index (χ3n) is 1.10. The zero-order chi connectivity index (χ0) is 5.82. The summed E-state index contributed by atoms with van der Waals surface area (Å²) in [5.74, 6) is 0. The highest BCUT2D eigenvalue weighted by Crippen LogP contribution is 1.90. The first kappa shape index (κ1) is 5.35. The van der Waals surface area contributed by atoms with E-state index in [-0.39, 0.29) is 0 Å². The van der Waals surface area contributed by atoms with E-state index in [1.807, 2.05) is 23.5 Å². The van der Waals surface area contributed by atoms with E-state index < -0.39 is 0 Å². The van der Waals surface area contributed by atoms with Crippen molar-refractivity contribution in [2.24, 2.45) is 4.99 Å². The predicted molar refractivity (Wildman–Crippen MR) is 34.9 cm³/mol. The lowest BCUT2D eigenvalue weighted by Gasteiger charge is -2.12. The van der Waals surface area contributed by atoms with Gasteiger partial charge in [0.25, 0.3) is 0 Å². The minimum Gasteiger partial charge on any atom is -0.340 e. The van der Waals surface area contributed by atoms with Gasteiger partial charge in [-0.1, -0.05) is 0 Å². The van der Waals surface area contributed by atoms with E-state index in [0.29, 0.717) is 0 Å². The number of rotatable bonds is 1. The number of hydrogen-bond acceptors (Lipinski definition) is 2. The molecule has 0 N–H and O–H groups in total. The molecular weight excluding hydrogens is 100 g/mol. The minimum absolute atomic E-state index is 0.844. The Morgan fingerprint density at radius 1 is 1.75 bits per heavy atom. The molecule has 0 aliphatic carbocycles. The summed E-state index contributed by atoms with van der Waals surface area (Å²) in [4.78, 5) is 6.09. The zero-order valence-electron chi connectivity index (χ0n) is 5.04. The lowest BCUT2D eigenvalue weighted by molar-refractivity contribution is 0.595. The van der Waals surface area contributed by atoms with Crippen molar-refractivity contribution < 1.29 is 0 Å². The normalized spacial score (nSPS) is 17.4. The first-order chi connectivity index (χ1) is 3.93. The molecule has 1 rings (SSSR count). The fourth-order valence-corrected chi connectivity index (χ4v) is 0.621. The monoisotopic (exact) mass is 110 g/mol. The van der Waals surface area contributed by atoms with Crippen molar-refractivity contribution in [1.29, 1.82) is 0 Å². The molecule has 0 saturated carbocycles. The molecule has 0 aromatic rings. The van der Waals surface area contributed by atoms with Crippen molar-refractivity contribution in [2.45, 2.75) is 6.92 Å². The lowest BCUT2D eigenvalue weighted by Crippen LogP contribution is -2.16. The second kappa shape index (κ2) is 2.50. The Morgan fingerprint density at radius 3 is 3.00 bits per heavy atom. The summed E-state index contributed by atoms with van der Waals surface area (Å²) in [7, 11) is 0. The standard InChI is InChI=1S/C6H10N2/c1-2-8-5-3-4-7-6-8/h3,5-6H,2,4H2,1H3. The van der Waals surface area contributed by atoms with Crippen molar-refractivity contribution in [1.82, 2.24) is 4.90 Å². The SMILES string of the molecule is CCN1C=CCN=C1. The summed E-state index contributed by atoms with van der Waals surface area (Å²) in [5.41, 5.74) is 0. The van der Waals surface area contributed by atoms with E-state index >= 15 is 0 Å². The number of nitrogens with zero attached hydrogens (tertiary/aromatic N) is 2. The van der Waals surface area contributed by atoms with E-state index in [4.69, 9.17) is 0 Å². The van der Waals surface area contributed by atoms with E-state index in [1.54, 1.807) is 0 Å². The van der Waals surface area contributed by atoms with Gasteiger partial charge < -0.3 is 4.90 Å². The van der Waals surface area contributed by atoms with Crippen molar-refractivity contribution in [2.75, 3.05) is 13.1 Å². The van der Waals surface area contributed by atoms with E-state index in [9.17, 15) is 0 Å². The Labute approximate surface area is 49.5 Å². The zero-order valence-corrected chi connectivity index (χ0v) is 5.04. The molecule has 2 heteroatoms. The van der Waals surface area contributed by atoms with Crippen LogP contribution >= 0.6 is 0 Å². The first-order valence-corrected chi connectivity index (χ1v) is 2.86. The Morgan fingerprint density at radius 2 is 2.62 bits per heavy atom. The third kappa shape index (κ3) is 1.09. The smallest absolute Gasteiger partial charge is 0.0893 e. The van der Waals surface area contributed by atoms with Gasteiger partial charge in [-0.3, -0.25) is 4.99 Å². The molecule has 0 unspecified atom stereocenters. The Kier molecular flexibility index (Phi) is 1.67. The highest BCUT2D eigenvalue weighted by Gasteiger charge is 1.90. The third-order valence-corrected chi connectivity index (χ3v) is 1.10. The van der Waals surface area contributed by atoms with E-state index in [1.165, 1.54) is 0 Å². The summed E-state index contributed by atoms with van der Waals surface area (Å²) < 4.78 is 0. The van der Waals surface area contributed by atoms with Gasteiger partial charge in [0.1, 0.15) is 0 Å². The highest BCUT2D eigenvalue weighted by molar-refractivity contribution is 5.57. The fraction of sp³-hybridized carbons (Fsp3) is 0.500. The summed E-state index contributed by atoms with van der Waals surface area (Å²) in [6.45, 7) is 3.96. The van der Waals surface area contributed by atoms with Gasteiger partial charge in [0, 0.05) is 12.7 Å². The van der Waals surface area contributed by atoms with Crippen LogP contribution in [0.5, 0.6) is 0 Å². The molecule has 0 radical (unpaired) electrons. The summed E-state index contributed by atoms with van der Waals surface area (Å²) in [6, 6.07) is 0. The average molecular weight is 110 g/mol. The molecule has 0 saturated heterocycles. The molecule has 0 amide bonds. The molecule has 1 aliphatic heterocycles. The van der Waals surface area contributed by atoms with Crippen LogP contribution < -0.4 is 0 Å². The molecule has 0 bridgehead atoms. The van der Waals surface area contributed by atoms with Crippen molar-refractivity contribution in [3.8, 4) is 0 Å². The molecule has 0 fully saturated rings. The Bertz CT molecular complexity index is 104. The fourth-order valence-electron chi connectivity index (χ4n) is 0.621. The summed E-state index contributed by atoms with van der Waals surface area (Å²) >= 11 is 0. The van der Waals surface area contributed by atoms with E-state index in [0.717, 1.165) is 13.1 Å². The molecule has 0 spiro atoms. The maximum atomic E-state index is 4.04. The number of aliphatic imine (C=N–C) groups is 1. The van der Waals surface area contributed by atoms with E-state index in [2.05, 4.69) is 11.9 Å². The van der Waals surface area contributed by atoms with Crippen LogP contribution in [0.4, 0.5) is 0 Å². The van der Waals surface area contributed by atoms with Crippen LogP contribution in [0.1, 0.15) is 6.92 Å². The maximum Gasteiger partial charge on any atom is 0.0893 e. The number of hydrogen-bond donors (Lipinski definition) is 0. The van der Waals surface area contributed by atoms with Gasteiger partial charge in [-0.2, -0.15) is 0 Å². The molecule has 1 aliphatic rings. The topological polar surface area (TPSA) is 15.6 Å². The Balaban J connectivity index is 2.42. The second-order valence-corrected chi connectivity index (χ2v) is 1.70. The molecule has 1 heterocycles. The van der Waals surface area contributed by atoms with Gasteiger partial charge in [-0.05, 0) is 13.0 Å². The van der Waals surface area contributed by atoms with Crippen molar-refractivity contribution in [3.05, 3.63) is 12.3 Å². The van der Waals surface area contributed by atoms with Crippen LogP contribution in [0.25, 0.3) is 0 Å². The summed E-state index contributed by atoms with van der Waals surface area (Å²) in [5, 5.41) is 0. The van der Waals surface area contributed by atoms with Gasteiger partial charge in [-0.15, -0.1) is 0 Å². The molecule has 44 valence electrons. The average Bonchev–Trinajstić information content (AvgIpc) is 1.90. The maximum absolute atomic E-state index is 4.04. The van der Waals surface area contributed by atoms with Gasteiger partial charge in [0.05, 0.1) is 12.9 Å². The molecule has 0 aromatic heterocycles. The minimum atomic E-state index is 0.844. The molecule has 0 aromatic carbocycles. The molecule has 2 nitrogen and oxygen atoms in total. The largest absolute Gasteiger partial charge is 0.340 e.